The predicted molar refractivity (Wildman–Crippen MR) is 77.7 cm³/mol. The zero-order valence-electron chi connectivity index (χ0n) is 11.1. The highest BCUT2D eigenvalue weighted by Gasteiger charge is 2.17. The molecule has 19 heavy (non-hydrogen) atoms. The smallest absolute Gasteiger partial charge is 0.131 e. The van der Waals surface area contributed by atoms with Crippen LogP contribution in [0.1, 0.15) is 43.6 Å². The highest BCUT2D eigenvalue weighted by Crippen LogP contribution is 2.34. The van der Waals surface area contributed by atoms with Crippen molar-refractivity contribution in [2.45, 2.75) is 38.0 Å². The van der Waals surface area contributed by atoms with Crippen molar-refractivity contribution in [2.75, 3.05) is 0 Å². The summed E-state index contributed by atoms with van der Waals surface area (Å²) in [5.41, 5.74) is 2.84. The quantitative estimate of drug-likeness (QED) is 0.660. The molecule has 0 amide bonds. The Labute approximate surface area is 114 Å². The average Bonchev–Trinajstić information content (AvgIpc) is 2.49. The summed E-state index contributed by atoms with van der Waals surface area (Å²) in [7, 11) is 0. The summed E-state index contributed by atoms with van der Waals surface area (Å²) in [4.78, 5) is 0. The minimum atomic E-state index is -0.0886. The lowest BCUT2D eigenvalue weighted by Gasteiger charge is -2.22. The first-order valence-electron chi connectivity index (χ1n) is 7.19. The van der Waals surface area contributed by atoms with Crippen LogP contribution in [0.25, 0.3) is 11.1 Å². The molecule has 0 atom stereocenters. The van der Waals surface area contributed by atoms with Crippen molar-refractivity contribution < 1.29 is 4.39 Å². The van der Waals surface area contributed by atoms with Crippen molar-refractivity contribution in [3.05, 3.63) is 59.9 Å². The van der Waals surface area contributed by atoms with Crippen LogP contribution < -0.4 is 0 Å². The Bertz CT molecular complexity index is 539. The summed E-state index contributed by atoms with van der Waals surface area (Å²) in [6, 6.07) is 15.6. The Kier molecular flexibility index (Phi) is 3.63. The monoisotopic (exact) mass is 254 g/mol. The minimum absolute atomic E-state index is 0.0886. The van der Waals surface area contributed by atoms with E-state index < -0.39 is 0 Å². The topological polar surface area (TPSA) is 0 Å². The zero-order valence-corrected chi connectivity index (χ0v) is 11.1. The van der Waals surface area contributed by atoms with Crippen LogP contribution in [0, 0.1) is 5.82 Å². The van der Waals surface area contributed by atoms with E-state index in [2.05, 4.69) is 6.07 Å². The molecule has 0 nitrogen and oxygen atoms in total. The maximum absolute atomic E-state index is 14.3. The Hall–Kier alpha value is -1.63. The molecular formula is C18H19F. The molecule has 98 valence electrons. The standard InChI is InChI=1S/C18H19F/c19-18-13-16(14-7-3-1-4-8-14)11-12-17(18)15-9-5-2-6-10-15/h2,5-6,9-14H,1,3-4,7-8H2. The molecule has 2 aromatic carbocycles. The molecule has 0 N–H and O–H groups in total. The molecule has 1 heteroatoms. The molecule has 1 saturated carbocycles. The normalized spacial score (nSPS) is 16.5. The van der Waals surface area contributed by atoms with E-state index in [1.165, 1.54) is 37.7 Å². The van der Waals surface area contributed by atoms with Gasteiger partial charge >= 0.3 is 0 Å². The van der Waals surface area contributed by atoms with Crippen LogP contribution >= 0.6 is 0 Å². The van der Waals surface area contributed by atoms with Crippen LogP contribution in [0.3, 0.4) is 0 Å². The van der Waals surface area contributed by atoms with Gasteiger partial charge in [-0.05, 0) is 36.0 Å². The summed E-state index contributed by atoms with van der Waals surface area (Å²) in [5, 5.41) is 0. The molecule has 0 aliphatic heterocycles. The molecule has 0 radical (unpaired) electrons. The molecule has 3 rings (SSSR count). The number of hydrogen-bond donors (Lipinski definition) is 0. The third-order valence-corrected chi connectivity index (χ3v) is 4.15. The van der Waals surface area contributed by atoms with Gasteiger partial charge < -0.3 is 0 Å². The number of rotatable bonds is 2. The number of halogens is 1. The molecule has 1 aliphatic carbocycles. The van der Waals surface area contributed by atoms with Crippen LogP contribution in [0.2, 0.25) is 0 Å². The van der Waals surface area contributed by atoms with Gasteiger partial charge in [0.2, 0.25) is 0 Å². The van der Waals surface area contributed by atoms with E-state index in [1.54, 1.807) is 6.07 Å². The summed E-state index contributed by atoms with van der Waals surface area (Å²) in [6.07, 6.45) is 6.33. The molecular weight excluding hydrogens is 235 g/mol. The highest BCUT2D eigenvalue weighted by molar-refractivity contribution is 5.64. The molecule has 0 spiro atoms. The Balaban J connectivity index is 1.89. The van der Waals surface area contributed by atoms with E-state index in [4.69, 9.17) is 0 Å². The SMILES string of the molecule is Fc1cc(C2CCCCC2)ccc1-c1ccccc1. The van der Waals surface area contributed by atoms with Crippen LogP contribution in [0.5, 0.6) is 0 Å². The number of benzene rings is 2. The zero-order chi connectivity index (χ0) is 13.1. The Morgan fingerprint density at radius 1 is 0.842 bits per heavy atom. The Morgan fingerprint density at radius 2 is 1.58 bits per heavy atom. The number of hydrogen-bond acceptors (Lipinski definition) is 0. The fourth-order valence-electron chi connectivity index (χ4n) is 3.07. The second-order valence-corrected chi connectivity index (χ2v) is 5.44. The summed E-state index contributed by atoms with van der Waals surface area (Å²) < 4.78 is 14.3. The molecule has 0 saturated heterocycles. The molecule has 0 heterocycles. The lowest BCUT2D eigenvalue weighted by molar-refractivity contribution is 0.442. The van der Waals surface area contributed by atoms with E-state index in [0.29, 0.717) is 11.5 Å². The van der Waals surface area contributed by atoms with Gasteiger partial charge in [-0.2, -0.15) is 0 Å². The molecule has 1 fully saturated rings. The minimum Gasteiger partial charge on any atom is -0.206 e. The van der Waals surface area contributed by atoms with Gasteiger partial charge in [0, 0.05) is 5.56 Å². The van der Waals surface area contributed by atoms with Crippen molar-refractivity contribution in [3.8, 4) is 11.1 Å². The first-order valence-corrected chi connectivity index (χ1v) is 7.19. The molecule has 2 aromatic rings. The van der Waals surface area contributed by atoms with E-state index in [0.717, 1.165) is 5.56 Å². The summed E-state index contributed by atoms with van der Waals surface area (Å²) in [6.45, 7) is 0. The fourth-order valence-corrected chi connectivity index (χ4v) is 3.07. The van der Waals surface area contributed by atoms with Gasteiger partial charge in [-0.1, -0.05) is 61.7 Å². The first-order chi connectivity index (χ1) is 9.34. The maximum atomic E-state index is 14.3. The van der Waals surface area contributed by atoms with Gasteiger partial charge in [-0.25, -0.2) is 4.39 Å². The lowest BCUT2D eigenvalue weighted by Crippen LogP contribution is -2.05. The van der Waals surface area contributed by atoms with Crippen LogP contribution in [-0.2, 0) is 0 Å². The van der Waals surface area contributed by atoms with Gasteiger partial charge in [-0.3, -0.25) is 0 Å². The van der Waals surface area contributed by atoms with Crippen molar-refractivity contribution in [3.63, 3.8) is 0 Å². The van der Waals surface area contributed by atoms with E-state index in [1.807, 2.05) is 36.4 Å². The predicted octanol–water partition coefficient (Wildman–Crippen LogP) is 5.54. The third-order valence-electron chi connectivity index (χ3n) is 4.15. The molecule has 0 unspecified atom stereocenters. The molecule has 0 aromatic heterocycles. The largest absolute Gasteiger partial charge is 0.206 e. The van der Waals surface area contributed by atoms with E-state index in [9.17, 15) is 4.39 Å². The average molecular weight is 254 g/mol. The van der Waals surface area contributed by atoms with Crippen molar-refractivity contribution in [1.29, 1.82) is 0 Å². The van der Waals surface area contributed by atoms with Gasteiger partial charge in [0.05, 0.1) is 0 Å². The lowest BCUT2D eigenvalue weighted by atomic mass is 9.83. The molecule has 0 bridgehead atoms. The molecule has 1 aliphatic rings. The van der Waals surface area contributed by atoms with Crippen molar-refractivity contribution in [1.82, 2.24) is 0 Å². The first kappa shape index (κ1) is 12.4. The Morgan fingerprint density at radius 3 is 2.26 bits per heavy atom. The second kappa shape index (κ2) is 5.56. The third kappa shape index (κ3) is 2.70. The maximum Gasteiger partial charge on any atom is 0.131 e. The second-order valence-electron chi connectivity index (χ2n) is 5.44. The van der Waals surface area contributed by atoms with Crippen molar-refractivity contribution in [2.24, 2.45) is 0 Å². The van der Waals surface area contributed by atoms with Crippen molar-refractivity contribution >= 4 is 0 Å². The highest BCUT2D eigenvalue weighted by atomic mass is 19.1. The van der Waals surface area contributed by atoms with Gasteiger partial charge in [0.25, 0.3) is 0 Å². The van der Waals surface area contributed by atoms with E-state index in [-0.39, 0.29) is 5.82 Å². The fraction of sp³-hybridized carbons (Fsp3) is 0.333. The van der Waals surface area contributed by atoms with Crippen LogP contribution in [0.4, 0.5) is 4.39 Å². The van der Waals surface area contributed by atoms with E-state index >= 15 is 0 Å². The summed E-state index contributed by atoms with van der Waals surface area (Å²) in [5.74, 6) is 0.474. The summed E-state index contributed by atoms with van der Waals surface area (Å²) >= 11 is 0. The van der Waals surface area contributed by atoms with Gasteiger partial charge in [0.15, 0.2) is 0 Å². The van der Waals surface area contributed by atoms with Gasteiger partial charge in [-0.15, -0.1) is 0 Å². The van der Waals surface area contributed by atoms with Gasteiger partial charge in [0.1, 0.15) is 5.82 Å². The van der Waals surface area contributed by atoms with Crippen LogP contribution in [0.15, 0.2) is 48.5 Å². The van der Waals surface area contributed by atoms with Crippen LogP contribution in [-0.4, -0.2) is 0 Å².